The fraction of sp³-hybridized carbons (Fsp3) is 0.227. The van der Waals surface area contributed by atoms with Gasteiger partial charge in [0, 0.05) is 5.56 Å². The van der Waals surface area contributed by atoms with Crippen LogP contribution >= 0.6 is 0 Å². The molecule has 0 spiro atoms. The third-order valence-corrected chi connectivity index (χ3v) is 4.46. The van der Waals surface area contributed by atoms with Crippen LogP contribution in [0.5, 0.6) is 5.75 Å². The normalized spacial score (nSPS) is 12.0. The maximum Gasteiger partial charge on any atom is 0.224 e. The average Bonchev–Trinajstić information content (AvgIpc) is 2.62. The van der Waals surface area contributed by atoms with Crippen molar-refractivity contribution in [3.63, 3.8) is 0 Å². The Hall–Kier alpha value is -2.81. The van der Waals surface area contributed by atoms with Crippen molar-refractivity contribution < 1.29 is 9.53 Å². The topological polar surface area (TPSA) is 38.3 Å². The van der Waals surface area contributed by atoms with Gasteiger partial charge < -0.3 is 10.1 Å². The highest BCUT2D eigenvalue weighted by Crippen LogP contribution is 2.26. The average molecular weight is 333 g/mol. The van der Waals surface area contributed by atoms with E-state index >= 15 is 0 Å². The number of benzene rings is 3. The lowest BCUT2D eigenvalue weighted by atomic mass is 10.0. The Morgan fingerprint density at radius 2 is 1.84 bits per heavy atom. The number of ether oxygens (including phenoxy) is 1. The second-order valence-electron chi connectivity index (χ2n) is 6.35. The molecule has 0 saturated carbocycles. The molecule has 0 aliphatic carbocycles. The molecule has 128 valence electrons. The number of carbonyl (C=O) groups is 1. The molecule has 0 radical (unpaired) electrons. The number of fused-ring (bicyclic) bond motifs is 1. The van der Waals surface area contributed by atoms with E-state index in [2.05, 4.69) is 29.6 Å². The van der Waals surface area contributed by atoms with Crippen molar-refractivity contribution in [2.24, 2.45) is 0 Å². The van der Waals surface area contributed by atoms with E-state index < -0.39 is 0 Å². The van der Waals surface area contributed by atoms with Crippen molar-refractivity contribution in [3.8, 4) is 5.75 Å². The molecule has 1 atom stereocenters. The molecular weight excluding hydrogens is 310 g/mol. The summed E-state index contributed by atoms with van der Waals surface area (Å²) in [5, 5.41) is 5.37. The lowest BCUT2D eigenvalue weighted by Crippen LogP contribution is -2.28. The van der Waals surface area contributed by atoms with Crippen molar-refractivity contribution in [2.45, 2.75) is 26.3 Å². The Bertz CT molecular complexity index is 896. The van der Waals surface area contributed by atoms with Gasteiger partial charge in [-0.05, 0) is 36.2 Å². The van der Waals surface area contributed by atoms with Crippen LogP contribution < -0.4 is 10.1 Å². The van der Waals surface area contributed by atoms with E-state index in [1.165, 1.54) is 0 Å². The van der Waals surface area contributed by atoms with E-state index in [0.29, 0.717) is 6.42 Å². The van der Waals surface area contributed by atoms with Gasteiger partial charge in [0.1, 0.15) is 5.75 Å². The van der Waals surface area contributed by atoms with Crippen LogP contribution in [0.4, 0.5) is 0 Å². The number of nitrogens with one attached hydrogen (secondary N) is 1. The molecule has 0 unspecified atom stereocenters. The lowest BCUT2D eigenvalue weighted by molar-refractivity contribution is -0.121. The number of hydrogen-bond acceptors (Lipinski definition) is 2. The first kappa shape index (κ1) is 17.0. The molecule has 0 aliphatic heterocycles. The molecule has 3 nitrogen and oxygen atoms in total. The molecule has 0 saturated heterocycles. The third-order valence-electron chi connectivity index (χ3n) is 4.46. The maximum atomic E-state index is 12.6. The first-order valence-corrected chi connectivity index (χ1v) is 8.49. The minimum absolute atomic E-state index is 0.00686. The number of methoxy groups -OCH3 is 1. The standard InChI is InChI=1S/C22H23NO2/c1-15-11-12-21(25-3)20(13-15)16(2)23-22(24)14-18-9-6-8-17-7-4-5-10-19(17)18/h4-13,16H,14H2,1-3H3,(H,23,24)/t16-/m0/s1. The second kappa shape index (κ2) is 7.39. The number of amides is 1. The zero-order chi connectivity index (χ0) is 17.8. The van der Waals surface area contributed by atoms with Crippen LogP contribution in [0.25, 0.3) is 10.8 Å². The fourth-order valence-corrected chi connectivity index (χ4v) is 3.18. The molecule has 3 heteroatoms. The Balaban J connectivity index is 1.77. The maximum absolute atomic E-state index is 12.6. The first-order chi connectivity index (χ1) is 12.1. The Kier molecular flexibility index (Phi) is 5.03. The van der Waals surface area contributed by atoms with Gasteiger partial charge in [0.15, 0.2) is 0 Å². The Labute approximate surface area is 148 Å². The fourth-order valence-electron chi connectivity index (χ4n) is 3.18. The number of carbonyl (C=O) groups excluding carboxylic acids is 1. The van der Waals surface area contributed by atoms with Crippen LogP contribution in [-0.4, -0.2) is 13.0 Å². The summed E-state index contributed by atoms with van der Waals surface area (Å²) < 4.78 is 5.43. The zero-order valence-electron chi connectivity index (χ0n) is 14.9. The molecule has 3 rings (SSSR count). The van der Waals surface area contributed by atoms with E-state index in [0.717, 1.165) is 33.2 Å². The van der Waals surface area contributed by atoms with Gasteiger partial charge in [-0.3, -0.25) is 4.79 Å². The molecule has 3 aromatic carbocycles. The second-order valence-corrected chi connectivity index (χ2v) is 6.35. The van der Waals surface area contributed by atoms with Crippen LogP contribution in [0.3, 0.4) is 0 Å². The Morgan fingerprint density at radius 1 is 1.08 bits per heavy atom. The van der Waals surface area contributed by atoms with E-state index in [-0.39, 0.29) is 11.9 Å². The van der Waals surface area contributed by atoms with E-state index in [1.807, 2.05) is 50.2 Å². The van der Waals surface area contributed by atoms with Crippen molar-refractivity contribution in [3.05, 3.63) is 77.4 Å². The van der Waals surface area contributed by atoms with E-state index in [1.54, 1.807) is 7.11 Å². The third kappa shape index (κ3) is 3.82. The molecule has 1 amide bonds. The molecular formula is C22H23NO2. The van der Waals surface area contributed by atoms with Crippen LogP contribution in [0, 0.1) is 6.92 Å². The van der Waals surface area contributed by atoms with E-state index in [9.17, 15) is 4.79 Å². The van der Waals surface area contributed by atoms with E-state index in [4.69, 9.17) is 4.74 Å². The quantitative estimate of drug-likeness (QED) is 0.742. The van der Waals surface area contributed by atoms with Crippen LogP contribution in [0.2, 0.25) is 0 Å². The largest absolute Gasteiger partial charge is 0.496 e. The van der Waals surface area contributed by atoms with Gasteiger partial charge in [-0.25, -0.2) is 0 Å². The minimum Gasteiger partial charge on any atom is -0.496 e. The number of hydrogen-bond donors (Lipinski definition) is 1. The SMILES string of the molecule is COc1ccc(C)cc1[C@H](C)NC(=O)Cc1cccc2ccccc12. The van der Waals surface area contributed by atoms with Gasteiger partial charge in [0.05, 0.1) is 19.6 Å². The van der Waals surface area contributed by atoms with Gasteiger partial charge in [-0.2, -0.15) is 0 Å². The summed E-state index contributed by atoms with van der Waals surface area (Å²) in [6.45, 7) is 4.02. The minimum atomic E-state index is -0.114. The smallest absolute Gasteiger partial charge is 0.224 e. The van der Waals surface area contributed by atoms with Crippen molar-refractivity contribution in [1.82, 2.24) is 5.32 Å². The molecule has 0 fully saturated rings. The molecule has 0 aromatic heterocycles. The van der Waals surface area contributed by atoms with Gasteiger partial charge in [-0.15, -0.1) is 0 Å². The van der Waals surface area contributed by atoms with Crippen LogP contribution in [-0.2, 0) is 11.2 Å². The molecule has 25 heavy (non-hydrogen) atoms. The highest BCUT2D eigenvalue weighted by Gasteiger charge is 2.15. The summed E-state index contributed by atoms with van der Waals surface area (Å²) in [6.07, 6.45) is 0.361. The summed E-state index contributed by atoms with van der Waals surface area (Å²) in [5.74, 6) is 0.802. The molecule has 3 aromatic rings. The van der Waals surface area contributed by atoms with Gasteiger partial charge in [0.25, 0.3) is 0 Å². The molecule has 0 bridgehead atoms. The summed E-state index contributed by atoms with van der Waals surface area (Å²) >= 11 is 0. The van der Waals surface area contributed by atoms with Crippen LogP contribution in [0.1, 0.15) is 29.7 Å². The highest BCUT2D eigenvalue weighted by atomic mass is 16.5. The summed E-state index contributed by atoms with van der Waals surface area (Å²) in [6, 6.07) is 20.1. The molecule has 0 heterocycles. The number of aryl methyl sites for hydroxylation is 1. The number of rotatable bonds is 5. The first-order valence-electron chi connectivity index (χ1n) is 8.49. The van der Waals surface area contributed by atoms with Gasteiger partial charge in [-0.1, -0.05) is 60.2 Å². The van der Waals surface area contributed by atoms with Crippen molar-refractivity contribution in [1.29, 1.82) is 0 Å². The predicted octanol–water partition coefficient (Wildman–Crippen LogP) is 4.58. The molecule has 1 N–H and O–H groups in total. The van der Waals surface area contributed by atoms with Gasteiger partial charge >= 0.3 is 0 Å². The highest BCUT2D eigenvalue weighted by molar-refractivity contribution is 5.90. The summed E-state index contributed by atoms with van der Waals surface area (Å²) in [5.41, 5.74) is 3.18. The molecule has 0 aliphatic rings. The zero-order valence-corrected chi connectivity index (χ0v) is 14.9. The monoisotopic (exact) mass is 333 g/mol. The summed E-state index contributed by atoms with van der Waals surface area (Å²) in [7, 11) is 1.65. The Morgan fingerprint density at radius 3 is 2.64 bits per heavy atom. The van der Waals surface area contributed by atoms with Gasteiger partial charge in [0.2, 0.25) is 5.91 Å². The predicted molar refractivity (Wildman–Crippen MR) is 102 cm³/mol. The summed E-state index contributed by atoms with van der Waals surface area (Å²) in [4.78, 5) is 12.6. The van der Waals surface area contributed by atoms with Crippen LogP contribution in [0.15, 0.2) is 60.7 Å². The lowest BCUT2D eigenvalue weighted by Gasteiger charge is -2.18. The van der Waals surface area contributed by atoms with Crippen molar-refractivity contribution >= 4 is 16.7 Å². The van der Waals surface area contributed by atoms with Crippen molar-refractivity contribution in [2.75, 3.05) is 7.11 Å².